The van der Waals surface area contributed by atoms with Crippen LogP contribution in [-0.2, 0) is 13.1 Å². The number of rotatable bonds is 6. The zero-order chi connectivity index (χ0) is 17.5. The van der Waals surface area contributed by atoms with Crippen LogP contribution in [0.5, 0.6) is 0 Å². The molecule has 0 aliphatic heterocycles. The maximum atomic E-state index is 12.8. The van der Waals surface area contributed by atoms with Crippen LogP contribution >= 0.6 is 0 Å². The second-order valence-electron chi connectivity index (χ2n) is 5.51. The molecule has 0 aliphatic rings. The zero-order valence-electron chi connectivity index (χ0n) is 14.2. The van der Waals surface area contributed by atoms with Crippen LogP contribution in [0.25, 0.3) is 0 Å². The molecular formula is C17H23F2N5. The number of guanidine groups is 1. The summed E-state index contributed by atoms with van der Waals surface area (Å²) in [7, 11) is 0. The van der Waals surface area contributed by atoms with Gasteiger partial charge in [-0.05, 0) is 31.9 Å². The van der Waals surface area contributed by atoms with Crippen LogP contribution in [-0.4, -0.2) is 22.1 Å². The van der Waals surface area contributed by atoms with E-state index >= 15 is 0 Å². The third-order valence-corrected chi connectivity index (χ3v) is 3.62. The van der Waals surface area contributed by atoms with Crippen molar-refractivity contribution in [1.29, 1.82) is 0 Å². The Bertz CT molecular complexity index is 694. The summed E-state index contributed by atoms with van der Waals surface area (Å²) < 4.78 is 26.5. The minimum Gasteiger partial charge on any atom is -0.357 e. The van der Waals surface area contributed by atoms with Crippen LogP contribution in [0.3, 0.4) is 0 Å². The molecule has 0 amide bonds. The largest absolute Gasteiger partial charge is 0.357 e. The Morgan fingerprint density at radius 3 is 2.75 bits per heavy atom. The Labute approximate surface area is 140 Å². The Morgan fingerprint density at radius 2 is 2.08 bits per heavy atom. The molecule has 1 heterocycles. The van der Waals surface area contributed by atoms with Crippen LogP contribution in [0.4, 0.5) is 8.78 Å². The van der Waals surface area contributed by atoms with Crippen LogP contribution in [0.2, 0.25) is 0 Å². The minimum atomic E-state index is -2.60. The molecule has 7 heteroatoms. The Hall–Kier alpha value is -2.44. The highest BCUT2D eigenvalue weighted by molar-refractivity contribution is 5.79. The lowest BCUT2D eigenvalue weighted by atomic mass is 10.1. The van der Waals surface area contributed by atoms with Gasteiger partial charge in [0.25, 0.3) is 0 Å². The van der Waals surface area contributed by atoms with Crippen molar-refractivity contribution in [2.45, 2.75) is 40.4 Å². The van der Waals surface area contributed by atoms with E-state index < -0.39 is 6.55 Å². The first-order chi connectivity index (χ1) is 11.5. The smallest absolute Gasteiger partial charge is 0.319 e. The van der Waals surface area contributed by atoms with Gasteiger partial charge in [-0.15, -0.1) is 0 Å². The number of halogens is 2. The van der Waals surface area contributed by atoms with Gasteiger partial charge >= 0.3 is 6.55 Å². The molecule has 0 aliphatic carbocycles. The molecule has 1 aromatic carbocycles. The van der Waals surface area contributed by atoms with E-state index in [0.29, 0.717) is 19.0 Å². The average Bonchev–Trinajstić information content (AvgIpc) is 3.00. The molecule has 0 fully saturated rings. The number of nitrogens with one attached hydrogen (secondary N) is 2. The molecule has 0 unspecified atom stereocenters. The third kappa shape index (κ3) is 4.78. The number of hydrogen-bond acceptors (Lipinski definition) is 2. The van der Waals surface area contributed by atoms with E-state index in [1.54, 1.807) is 0 Å². The molecule has 130 valence electrons. The number of alkyl halides is 2. The van der Waals surface area contributed by atoms with Gasteiger partial charge in [-0.2, -0.15) is 8.78 Å². The van der Waals surface area contributed by atoms with E-state index in [-0.39, 0.29) is 12.4 Å². The van der Waals surface area contributed by atoms with Gasteiger partial charge < -0.3 is 10.6 Å². The van der Waals surface area contributed by atoms with Gasteiger partial charge in [-0.1, -0.05) is 23.8 Å². The van der Waals surface area contributed by atoms with Gasteiger partial charge in [0, 0.05) is 18.9 Å². The number of aryl methyl sites for hydroxylation is 2. The molecule has 2 N–H and O–H groups in total. The fourth-order valence-corrected chi connectivity index (χ4v) is 2.35. The van der Waals surface area contributed by atoms with Crippen molar-refractivity contribution in [2.75, 3.05) is 6.54 Å². The first kappa shape index (κ1) is 17.9. The van der Waals surface area contributed by atoms with Gasteiger partial charge in [0.05, 0.1) is 13.1 Å². The number of benzene rings is 1. The molecule has 0 atom stereocenters. The molecule has 1 aromatic heterocycles. The first-order valence-electron chi connectivity index (χ1n) is 7.89. The van der Waals surface area contributed by atoms with Gasteiger partial charge in [0.1, 0.15) is 5.82 Å². The third-order valence-electron chi connectivity index (χ3n) is 3.62. The topological polar surface area (TPSA) is 54.2 Å². The maximum Gasteiger partial charge on any atom is 0.319 e. The predicted molar refractivity (Wildman–Crippen MR) is 91.1 cm³/mol. The van der Waals surface area contributed by atoms with Crippen LogP contribution in [0, 0.1) is 13.8 Å². The minimum absolute atomic E-state index is 0.177. The highest BCUT2D eigenvalue weighted by atomic mass is 19.3. The number of nitrogens with zero attached hydrogens (tertiary/aromatic N) is 3. The fourth-order valence-electron chi connectivity index (χ4n) is 2.35. The SMILES string of the molecule is CCNC(=NCc1ccc(C)cc1C)NCc1nccn1C(F)F. The van der Waals surface area contributed by atoms with E-state index in [2.05, 4.69) is 52.7 Å². The number of hydrogen-bond donors (Lipinski definition) is 2. The maximum absolute atomic E-state index is 12.8. The van der Waals surface area contributed by atoms with Crippen LogP contribution in [0.1, 0.15) is 36.0 Å². The Kier molecular flexibility index (Phi) is 6.28. The monoisotopic (exact) mass is 335 g/mol. The summed E-state index contributed by atoms with van der Waals surface area (Å²) in [5.74, 6) is 0.836. The highest BCUT2D eigenvalue weighted by Gasteiger charge is 2.11. The quantitative estimate of drug-likeness (QED) is 0.630. The van der Waals surface area contributed by atoms with Gasteiger partial charge in [-0.3, -0.25) is 4.57 Å². The normalized spacial score (nSPS) is 11.8. The summed E-state index contributed by atoms with van der Waals surface area (Å²) >= 11 is 0. The Morgan fingerprint density at radius 1 is 1.29 bits per heavy atom. The second-order valence-corrected chi connectivity index (χ2v) is 5.51. The number of aliphatic imine (C=N–C) groups is 1. The van der Waals surface area contributed by atoms with E-state index in [9.17, 15) is 8.78 Å². The average molecular weight is 335 g/mol. The van der Waals surface area contributed by atoms with Gasteiger partial charge in [0.15, 0.2) is 5.96 Å². The second kappa shape index (κ2) is 8.42. The van der Waals surface area contributed by atoms with Crippen molar-refractivity contribution in [1.82, 2.24) is 20.2 Å². The summed E-state index contributed by atoms with van der Waals surface area (Å²) in [6, 6.07) is 6.23. The van der Waals surface area contributed by atoms with E-state index in [0.717, 1.165) is 10.1 Å². The Balaban J connectivity index is 2.04. The van der Waals surface area contributed by atoms with Crippen molar-refractivity contribution < 1.29 is 8.78 Å². The standard InChI is InChI=1S/C17H23F2N5/c1-4-20-17(22-10-14-6-5-12(2)9-13(14)3)23-11-15-21-7-8-24(15)16(18)19/h5-9,16H,4,10-11H2,1-3H3,(H2,20,22,23). The van der Waals surface area contributed by atoms with E-state index in [1.165, 1.54) is 23.5 Å². The molecule has 0 saturated carbocycles. The molecule has 5 nitrogen and oxygen atoms in total. The molecule has 0 radical (unpaired) electrons. The van der Waals surface area contributed by atoms with Gasteiger partial charge in [0.2, 0.25) is 0 Å². The summed E-state index contributed by atoms with van der Waals surface area (Å²) in [6.45, 7) is 4.84. The van der Waals surface area contributed by atoms with Crippen molar-refractivity contribution in [3.05, 3.63) is 53.1 Å². The lowest BCUT2D eigenvalue weighted by Crippen LogP contribution is -2.37. The molecule has 2 rings (SSSR count). The summed E-state index contributed by atoms with van der Waals surface area (Å²) in [5.41, 5.74) is 3.53. The number of imidazole rings is 1. The first-order valence-corrected chi connectivity index (χ1v) is 7.89. The zero-order valence-corrected chi connectivity index (χ0v) is 14.2. The summed E-state index contributed by atoms with van der Waals surface area (Å²) in [6.07, 6.45) is 2.63. The lowest BCUT2D eigenvalue weighted by molar-refractivity contribution is 0.0668. The molecule has 0 saturated heterocycles. The summed E-state index contributed by atoms with van der Waals surface area (Å²) in [4.78, 5) is 8.47. The van der Waals surface area contributed by atoms with E-state index in [1.807, 2.05) is 6.92 Å². The molecule has 2 aromatic rings. The van der Waals surface area contributed by atoms with Gasteiger partial charge in [-0.25, -0.2) is 9.98 Å². The highest BCUT2D eigenvalue weighted by Crippen LogP contribution is 2.13. The number of aromatic nitrogens is 2. The molecule has 0 bridgehead atoms. The predicted octanol–water partition coefficient (Wildman–Crippen LogP) is 3.15. The van der Waals surface area contributed by atoms with Crippen LogP contribution < -0.4 is 10.6 Å². The molecule has 0 spiro atoms. The van der Waals surface area contributed by atoms with Crippen molar-refractivity contribution >= 4 is 5.96 Å². The van der Waals surface area contributed by atoms with E-state index in [4.69, 9.17) is 0 Å². The fraction of sp³-hybridized carbons (Fsp3) is 0.412. The molecule has 24 heavy (non-hydrogen) atoms. The lowest BCUT2D eigenvalue weighted by Gasteiger charge is -2.13. The summed E-state index contributed by atoms with van der Waals surface area (Å²) in [5, 5.41) is 6.15. The van der Waals surface area contributed by atoms with Crippen molar-refractivity contribution in [2.24, 2.45) is 4.99 Å². The van der Waals surface area contributed by atoms with Crippen molar-refractivity contribution in [3.63, 3.8) is 0 Å². The van der Waals surface area contributed by atoms with Crippen LogP contribution in [0.15, 0.2) is 35.6 Å². The molecular weight excluding hydrogens is 312 g/mol. The van der Waals surface area contributed by atoms with Crippen molar-refractivity contribution in [3.8, 4) is 0 Å².